The second-order valence-corrected chi connectivity index (χ2v) is 4.75. The number of aliphatic carboxylic acids is 1. The van der Waals surface area contributed by atoms with Gasteiger partial charge in [-0.05, 0) is 19.3 Å². The van der Waals surface area contributed by atoms with Crippen LogP contribution in [-0.4, -0.2) is 32.5 Å². The molecular weight excluding hydrogens is 266 g/mol. The Kier molecular flexibility index (Phi) is 3.73. The average molecular weight is 281 g/mol. The molecule has 1 aromatic rings. The van der Waals surface area contributed by atoms with Gasteiger partial charge in [0.2, 0.25) is 0 Å². The van der Waals surface area contributed by atoms with E-state index in [1.165, 1.54) is 12.3 Å². The maximum Gasteiger partial charge on any atom is 0.326 e. The predicted molar refractivity (Wildman–Crippen MR) is 68.5 cm³/mol. The molecule has 1 heterocycles. The average Bonchev–Trinajstić information content (AvgIpc) is 3.13. The molecule has 1 amide bonds. The van der Waals surface area contributed by atoms with Crippen LogP contribution in [0, 0.1) is 10.1 Å². The van der Waals surface area contributed by atoms with Crippen molar-refractivity contribution in [3.05, 3.63) is 28.1 Å². The van der Waals surface area contributed by atoms with Crippen LogP contribution in [0.4, 0.5) is 5.69 Å². The summed E-state index contributed by atoms with van der Waals surface area (Å²) in [7, 11) is 0. The van der Waals surface area contributed by atoms with Crippen molar-refractivity contribution in [1.29, 1.82) is 0 Å². The maximum absolute atomic E-state index is 12.1. The molecule has 0 aliphatic heterocycles. The molecule has 0 spiro atoms. The number of carboxylic acids is 1. The van der Waals surface area contributed by atoms with Crippen molar-refractivity contribution in [2.24, 2.45) is 0 Å². The van der Waals surface area contributed by atoms with Gasteiger partial charge >= 0.3 is 5.97 Å². The summed E-state index contributed by atoms with van der Waals surface area (Å²) in [6, 6.07) is 0.279. The summed E-state index contributed by atoms with van der Waals surface area (Å²) in [5, 5.41) is 22.1. The summed E-state index contributed by atoms with van der Waals surface area (Å²) >= 11 is 0. The van der Waals surface area contributed by atoms with Crippen molar-refractivity contribution < 1.29 is 19.6 Å². The highest BCUT2D eigenvalue weighted by Crippen LogP contribution is 2.37. The van der Waals surface area contributed by atoms with Crippen LogP contribution in [0.2, 0.25) is 0 Å². The Bertz CT molecular complexity index is 561. The van der Waals surface area contributed by atoms with Gasteiger partial charge in [0, 0.05) is 12.1 Å². The predicted octanol–water partition coefficient (Wildman–Crippen LogP) is 1.32. The molecule has 8 heteroatoms. The summed E-state index contributed by atoms with van der Waals surface area (Å²) in [5.41, 5.74) is -0.0238. The number of nitro groups is 1. The van der Waals surface area contributed by atoms with Crippen LogP contribution in [0.25, 0.3) is 0 Å². The minimum atomic E-state index is -1.13. The standard InChI is InChI=1S/C12H15N3O5/c1-2-9(12(17)18)13-11(16)10-5-8(15(19)20)6-14(10)7-3-4-7/h5-7,9H,2-4H2,1H3,(H,13,16)(H,17,18). The Labute approximate surface area is 114 Å². The first-order valence-corrected chi connectivity index (χ1v) is 6.34. The van der Waals surface area contributed by atoms with E-state index >= 15 is 0 Å². The first-order chi connectivity index (χ1) is 9.43. The third kappa shape index (κ3) is 2.79. The lowest BCUT2D eigenvalue weighted by molar-refractivity contribution is -0.384. The van der Waals surface area contributed by atoms with Crippen molar-refractivity contribution in [1.82, 2.24) is 9.88 Å². The van der Waals surface area contributed by atoms with Gasteiger partial charge in [-0.1, -0.05) is 6.92 Å². The van der Waals surface area contributed by atoms with Crippen LogP contribution in [0.3, 0.4) is 0 Å². The number of nitrogens with zero attached hydrogens (tertiary/aromatic N) is 2. The molecule has 1 unspecified atom stereocenters. The fraction of sp³-hybridized carbons (Fsp3) is 0.500. The summed E-state index contributed by atoms with van der Waals surface area (Å²) in [6.07, 6.45) is 3.30. The summed E-state index contributed by atoms with van der Waals surface area (Å²) in [5.74, 6) is -1.72. The summed E-state index contributed by atoms with van der Waals surface area (Å²) in [4.78, 5) is 33.2. The molecule has 1 saturated carbocycles. The van der Waals surface area contributed by atoms with Gasteiger partial charge in [-0.2, -0.15) is 0 Å². The topological polar surface area (TPSA) is 114 Å². The summed E-state index contributed by atoms with van der Waals surface area (Å²) < 4.78 is 1.56. The van der Waals surface area contributed by atoms with Gasteiger partial charge in [-0.25, -0.2) is 4.79 Å². The third-order valence-corrected chi connectivity index (χ3v) is 3.23. The van der Waals surface area contributed by atoms with E-state index in [2.05, 4.69) is 5.32 Å². The second kappa shape index (κ2) is 5.32. The molecule has 2 N–H and O–H groups in total. The lowest BCUT2D eigenvalue weighted by atomic mass is 10.2. The Hall–Kier alpha value is -2.38. The van der Waals surface area contributed by atoms with Crippen LogP contribution in [0.1, 0.15) is 42.7 Å². The monoisotopic (exact) mass is 281 g/mol. The van der Waals surface area contributed by atoms with Crippen molar-refractivity contribution in [2.45, 2.75) is 38.3 Å². The van der Waals surface area contributed by atoms with E-state index in [1.807, 2.05) is 0 Å². The smallest absolute Gasteiger partial charge is 0.326 e. The fourth-order valence-electron chi connectivity index (χ4n) is 1.97. The molecular formula is C12H15N3O5. The lowest BCUT2D eigenvalue weighted by Gasteiger charge is -2.13. The molecule has 1 aliphatic rings. The van der Waals surface area contributed by atoms with Gasteiger partial charge in [0.05, 0.1) is 11.1 Å². The number of hydrogen-bond donors (Lipinski definition) is 2. The highest BCUT2D eigenvalue weighted by molar-refractivity contribution is 5.96. The lowest BCUT2D eigenvalue weighted by Crippen LogP contribution is -2.40. The van der Waals surface area contributed by atoms with Gasteiger partial charge in [0.15, 0.2) is 0 Å². The number of amides is 1. The van der Waals surface area contributed by atoms with E-state index in [0.717, 1.165) is 12.8 Å². The van der Waals surface area contributed by atoms with Crippen molar-refractivity contribution in [2.75, 3.05) is 0 Å². The van der Waals surface area contributed by atoms with Crippen LogP contribution >= 0.6 is 0 Å². The number of carbonyl (C=O) groups is 2. The van der Waals surface area contributed by atoms with Crippen LogP contribution in [0.15, 0.2) is 12.3 Å². The molecule has 0 radical (unpaired) electrons. The molecule has 8 nitrogen and oxygen atoms in total. The Morgan fingerprint density at radius 2 is 2.25 bits per heavy atom. The van der Waals surface area contributed by atoms with E-state index in [9.17, 15) is 19.7 Å². The zero-order valence-corrected chi connectivity index (χ0v) is 10.9. The van der Waals surface area contributed by atoms with Crippen molar-refractivity contribution in [3.63, 3.8) is 0 Å². The molecule has 108 valence electrons. The highest BCUT2D eigenvalue weighted by atomic mass is 16.6. The number of rotatable bonds is 6. The summed E-state index contributed by atoms with van der Waals surface area (Å²) in [6.45, 7) is 1.64. The van der Waals surface area contributed by atoms with Crippen LogP contribution < -0.4 is 5.32 Å². The normalized spacial score (nSPS) is 15.7. The van der Waals surface area contributed by atoms with Gasteiger partial charge in [0.25, 0.3) is 11.6 Å². The number of aromatic nitrogens is 1. The molecule has 1 aliphatic carbocycles. The molecule has 0 aromatic carbocycles. The Morgan fingerprint density at radius 1 is 1.60 bits per heavy atom. The highest BCUT2D eigenvalue weighted by Gasteiger charge is 2.31. The van der Waals surface area contributed by atoms with Crippen molar-refractivity contribution >= 4 is 17.6 Å². The molecule has 1 aromatic heterocycles. The number of nitrogens with one attached hydrogen (secondary N) is 1. The van der Waals surface area contributed by atoms with Crippen LogP contribution in [0.5, 0.6) is 0 Å². The third-order valence-electron chi connectivity index (χ3n) is 3.23. The molecule has 0 bridgehead atoms. The molecule has 0 saturated heterocycles. The minimum absolute atomic E-state index is 0.0920. The zero-order valence-electron chi connectivity index (χ0n) is 10.9. The van der Waals surface area contributed by atoms with Gasteiger partial charge < -0.3 is 15.0 Å². The van der Waals surface area contributed by atoms with E-state index < -0.39 is 22.8 Å². The largest absolute Gasteiger partial charge is 0.480 e. The van der Waals surface area contributed by atoms with E-state index in [4.69, 9.17) is 5.11 Å². The number of carboxylic acid groups (broad SMARTS) is 1. The van der Waals surface area contributed by atoms with E-state index in [-0.39, 0.29) is 23.8 Å². The Morgan fingerprint density at radius 3 is 2.70 bits per heavy atom. The molecule has 2 rings (SSSR count). The molecule has 20 heavy (non-hydrogen) atoms. The first kappa shape index (κ1) is 14.0. The molecule has 1 atom stereocenters. The Balaban J connectivity index is 2.24. The van der Waals surface area contributed by atoms with Crippen molar-refractivity contribution in [3.8, 4) is 0 Å². The fourth-order valence-corrected chi connectivity index (χ4v) is 1.97. The van der Waals surface area contributed by atoms with Gasteiger partial charge in [0.1, 0.15) is 11.7 Å². The van der Waals surface area contributed by atoms with E-state index in [1.54, 1.807) is 11.5 Å². The maximum atomic E-state index is 12.1. The quantitative estimate of drug-likeness (QED) is 0.603. The van der Waals surface area contributed by atoms with E-state index in [0.29, 0.717) is 0 Å². The minimum Gasteiger partial charge on any atom is -0.480 e. The first-order valence-electron chi connectivity index (χ1n) is 6.34. The number of carbonyl (C=O) groups excluding carboxylic acids is 1. The van der Waals surface area contributed by atoms with Gasteiger partial charge in [-0.3, -0.25) is 14.9 Å². The molecule has 1 fully saturated rings. The zero-order chi connectivity index (χ0) is 14.9. The SMILES string of the molecule is CCC(NC(=O)c1cc([N+](=O)[O-])cn1C1CC1)C(=O)O. The van der Waals surface area contributed by atoms with Crippen LogP contribution in [-0.2, 0) is 4.79 Å². The number of hydrogen-bond acceptors (Lipinski definition) is 4. The second-order valence-electron chi connectivity index (χ2n) is 4.75. The van der Waals surface area contributed by atoms with Gasteiger partial charge in [-0.15, -0.1) is 0 Å².